The second-order valence-corrected chi connectivity index (χ2v) is 5.75. The molecular weight excluding hydrogens is 302 g/mol. The molecule has 0 aliphatic heterocycles. The molecule has 3 rings (SSSR count). The number of H-pyrrole nitrogens is 1. The first-order valence-electron chi connectivity index (χ1n) is 7.79. The number of hydrogen-bond acceptors (Lipinski definition) is 2. The van der Waals surface area contributed by atoms with Gasteiger partial charge in [-0.2, -0.15) is 0 Å². The molecule has 0 aliphatic rings. The summed E-state index contributed by atoms with van der Waals surface area (Å²) in [6, 6.07) is 14.2. The van der Waals surface area contributed by atoms with E-state index in [0.29, 0.717) is 11.3 Å². The highest BCUT2D eigenvalue weighted by Crippen LogP contribution is 2.21. The number of amides is 2. The third-order valence-electron chi connectivity index (χ3n) is 3.98. The van der Waals surface area contributed by atoms with Crippen molar-refractivity contribution in [3.63, 3.8) is 0 Å². The number of nitrogens with one attached hydrogen (secondary N) is 3. The number of hydrogen-bond donors (Lipinski definition) is 3. The SMILES string of the molecule is Cc1ccccc1C(=O)NC(C)C(=O)Nc1cccc2cc[nH]c12. The van der Waals surface area contributed by atoms with Gasteiger partial charge in [0.05, 0.1) is 11.2 Å². The number of fused-ring (bicyclic) bond motifs is 1. The summed E-state index contributed by atoms with van der Waals surface area (Å²) < 4.78 is 0. The Morgan fingerprint density at radius 3 is 2.62 bits per heavy atom. The molecule has 1 unspecified atom stereocenters. The summed E-state index contributed by atoms with van der Waals surface area (Å²) in [5.74, 6) is -0.520. The van der Waals surface area contributed by atoms with E-state index in [4.69, 9.17) is 0 Å². The van der Waals surface area contributed by atoms with E-state index in [0.717, 1.165) is 16.5 Å². The normalized spacial score (nSPS) is 11.9. The topological polar surface area (TPSA) is 74.0 Å². The molecule has 0 aliphatic carbocycles. The maximum atomic E-state index is 12.4. The molecule has 2 amide bonds. The van der Waals surface area contributed by atoms with Gasteiger partial charge >= 0.3 is 0 Å². The summed E-state index contributed by atoms with van der Waals surface area (Å²) in [4.78, 5) is 27.8. The zero-order valence-electron chi connectivity index (χ0n) is 13.6. The van der Waals surface area contributed by atoms with Gasteiger partial charge in [-0.05, 0) is 37.6 Å². The summed E-state index contributed by atoms with van der Waals surface area (Å²) in [6.45, 7) is 3.53. The fourth-order valence-electron chi connectivity index (χ4n) is 2.60. The van der Waals surface area contributed by atoms with Gasteiger partial charge in [0.15, 0.2) is 0 Å². The number of benzene rings is 2. The summed E-state index contributed by atoms with van der Waals surface area (Å²) in [7, 11) is 0. The largest absolute Gasteiger partial charge is 0.359 e. The molecular formula is C19H19N3O2. The van der Waals surface area contributed by atoms with Gasteiger partial charge in [-0.15, -0.1) is 0 Å². The van der Waals surface area contributed by atoms with E-state index in [9.17, 15) is 9.59 Å². The molecule has 122 valence electrons. The van der Waals surface area contributed by atoms with Crippen molar-refractivity contribution in [3.05, 3.63) is 65.9 Å². The van der Waals surface area contributed by atoms with Crippen LogP contribution in [0, 0.1) is 6.92 Å². The van der Waals surface area contributed by atoms with Crippen molar-refractivity contribution in [3.8, 4) is 0 Å². The Labute approximate surface area is 140 Å². The molecule has 0 saturated carbocycles. The first-order valence-corrected chi connectivity index (χ1v) is 7.79. The molecule has 0 saturated heterocycles. The molecule has 1 heterocycles. The van der Waals surface area contributed by atoms with Crippen molar-refractivity contribution in [2.24, 2.45) is 0 Å². The van der Waals surface area contributed by atoms with Crippen LogP contribution in [-0.4, -0.2) is 22.8 Å². The van der Waals surface area contributed by atoms with Crippen LogP contribution in [0.1, 0.15) is 22.8 Å². The van der Waals surface area contributed by atoms with Gasteiger partial charge in [0.1, 0.15) is 6.04 Å². The maximum Gasteiger partial charge on any atom is 0.252 e. The summed E-state index contributed by atoms with van der Waals surface area (Å²) in [6.07, 6.45) is 1.82. The fraction of sp³-hybridized carbons (Fsp3) is 0.158. The number of anilines is 1. The van der Waals surface area contributed by atoms with Crippen molar-refractivity contribution < 1.29 is 9.59 Å². The maximum absolute atomic E-state index is 12.4. The van der Waals surface area contributed by atoms with Crippen molar-refractivity contribution >= 4 is 28.4 Å². The quantitative estimate of drug-likeness (QED) is 0.690. The van der Waals surface area contributed by atoms with Crippen LogP contribution < -0.4 is 10.6 Å². The highest BCUT2D eigenvalue weighted by Gasteiger charge is 2.18. The minimum absolute atomic E-state index is 0.256. The van der Waals surface area contributed by atoms with E-state index in [1.807, 2.05) is 49.5 Å². The average Bonchev–Trinajstić information content (AvgIpc) is 3.04. The lowest BCUT2D eigenvalue weighted by Gasteiger charge is -2.15. The van der Waals surface area contributed by atoms with Gasteiger partial charge in [0.25, 0.3) is 5.91 Å². The standard InChI is InChI=1S/C19H19N3O2/c1-12-6-3-4-8-15(12)19(24)21-13(2)18(23)22-16-9-5-7-14-10-11-20-17(14)16/h3-11,13,20H,1-2H3,(H,21,24)(H,22,23). The van der Waals surface area contributed by atoms with E-state index in [2.05, 4.69) is 15.6 Å². The average molecular weight is 321 g/mol. The van der Waals surface area contributed by atoms with Crippen LogP contribution in [0.4, 0.5) is 5.69 Å². The third kappa shape index (κ3) is 3.15. The first kappa shape index (κ1) is 15.8. The fourth-order valence-corrected chi connectivity index (χ4v) is 2.60. The van der Waals surface area contributed by atoms with E-state index in [1.54, 1.807) is 19.1 Å². The molecule has 0 radical (unpaired) electrons. The van der Waals surface area contributed by atoms with Gasteiger partial charge in [-0.25, -0.2) is 0 Å². The molecule has 5 nitrogen and oxygen atoms in total. The molecule has 24 heavy (non-hydrogen) atoms. The minimum atomic E-state index is -0.651. The Kier molecular flexibility index (Phi) is 4.33. The van der Waals surface area contributed by atoms with Gasteiger partial charge in [0.2, 0.25) is 5.91 Å². The van der Waals surface area contributed by atoms with E-state index in [1.165, 1.54) is 0 Å². The number of para-hydroxylation sites is 1. The molecule has 1 aromatic heterocycles. The molecule has 3 aromatic rings. The summed E-state index contributed by atoms with van der Waals surface area (Å²) in [5, 5.41) is 6.61. The van der Waals surface area contributed by atoms with Crippen LogP contribution in [0.2, 0.25) is 0 Å². The van der Waals surface area contributed by atoms with E-state index >= 15 is 0 Å². The lowest BCUT2D eigenvalue weighted by Crippen LogP contribution is -2.41. The molecule has 1 atom stereocenters. The predicted molar refractivity (Wildman–Crippen MR) is 95.0 cm³/mol. The number of carbonyl (C=O) groups is 2. The Hall–Kier alpha value is -3.08. The summed E-state index contributed by atoms with van der Waals surface area (Å²) in [5.41, 5.74) is 3.00. The van der Waals surface area contributed by atoms with Crippen molar-refractivity contribution in [1.82, 2.24) is 10.3 Å². The van der Waals surface area contributed by atoms with Gasteiger partial charge in [0, 0.05) is 17.1 Å². The zero-order valence-corrected chi connectivity index (χ0v) is 13.6. The second kappa shape index (κ2) is 6.58. The van der Waals surface area contributed by atoms with Crippen LogP contribution in [0.25, 0.3) is 10.9 Å². The van der Waals surface area contributed by atoms with Crippen molar-refractivity contribution in [1.29, 1.82) is 0 Å². The number of carbonyl (C=O) groups excluding carboxylic acids is 2. The molecule has 3 N–H and O–H groups in total. The van der Waals surface area contributed by atoms with Crippen LogP contribution >= 0.6 is 0 Å². The minimum Gasteiger partial charge on any atom is -0.359 e. The molecule has 0 spiro atoms. The summed E-state index contributed by atoms with van der Waals surface area (Å²) >= 11 is 0. The number of rotatable bonds is 4. The van der Waals surface area contributed by atoms with Crippen LogP contribution in [0.15, 0.2) is 54.7 Å². The van der Waals surface area contributed by atoms with Gasteiger partial charge < -0.3 is 15.6 Å². The van der Waals surface area contributed by atoms with Crippen molar-refractivity contribution in [2.45, 2.75) is 19.9 Å². The molecule has 5 heteroatoms. The van der Waals surface area contributed by atoms with E-state index in [-0.39, 0.29) is 11.8 Å². The first-order chi connectivity index (χ1) is 11.6. The molecule has 0 bridgehead atoms. The zero-order chi connectivity index (χ0) is 17.1. The number of aromatic nitrogens is 1. The van der Waals surface area contributed by atoms with Gasteiger partial charge in [-0.3, -0.25) is 9.59 Å². The molecule has 0 fully saturated rings. The van der Waals surface area contributed by atoms with Gasteiger partial charge in [-0.1, -0.05) is 30.3 Å². The smallest absolute Gasteiger partial charge is 0.252 e. The van der Waals surface area contributed by atoms with Crippen LogP contribution in [-0.2, 0) is 4.79 Å². The monoisotopic (exact) mass is 321 g/mol. The number of aromatic amines is 1. The predicted octanol–water partition coefficient (Wildman–Crippen LogP) is 3.23. The van der Waals surface area contributed by atoms with Crippen LogP contribution in [0.3, 0.4) is 0 Å². The van der Waals surface area contributed by atoms with Crippen LogP contribution in [0.5, 0.6) is 0 Å². The molecule has 2 aromatic carbocycles. The Balaban J connectivity index is 1.70. The number of aryl methyl sites for hydroxylation is 1. The van der Waals surface area contributed by atoms with E-state index < -0.39 is 6.04 Å². The lowest BCUT2D eigenvalue weighted by atomic mass is 10.1. The highest BCUT2D eigenvalue weighted by atomic mass is 16.2. The highest BCUT2D eigenvalue weighted by molar-refractivity contribution is 6.05. The van der Waals surface area contributed by atoms with Crippen molar-refractivity contribution in [2.75, 3.05) is 5.32 Å². The Morgan fingerprint density at radius 2 is 1.83 bits per heavy atom. The lowest BCUT2D eigenvalue weighted by molar-refractivity contribution is -0.117. The second-order valence-electron chi connectivity index (χ2n) is 5.75. The Morgan fingerprint density at radius 1 is 1.04 bits per heavy atom. The Bertz CT molecular complexity index is 898. The third-order valence-corrected chi connectivity index (χ3v) is 3.98.